The molecular weight excluding hydrogens is 403 g/mol. The number of anilines is 1. The van der Waals surface area contributed by atoms with Crippen LogP contribution in [0.2, 0.25) is 0 Å². The molecule has 1 aromatic heterocycles. The lowest BCUT2D eigenvalue weighted by Crippen LogP contribution is -2.36. The maximum absolute atomic E-state index is 13.1. The normalized spacial score (nSPS) is 18.0. The van der Waals surface area contributed by atoms with Crippen LogP contribution in [0.4, 0.5) is 10.1 Å². The summed E-state index contributed by atoms with van der Waals surface area (Å²) in [6.07, 6.45) is 1.73. The van der Waals surface area contributed by atoms with Crippen molar-refractivity contribution >= 4 is 43.5 Å². The third-order valence-corrected chi connectivity index (χ3v) is 4.31. The summed E-state index contributed by atoms with van der Waals surface area (Å²) in [6, 6.07) is 7.99. The van der Waals surface area contributed by atoms with E-state index in [4.69, 9.17) is 5.73 Å². The quantitative estimate of drug-likeness (QED) is 0.817. The predicted molar refractivity (Wildman–Crippen MR) is 87.7 cm³/mol. The Labute approximate surface area is 138 Å². The average Bonchev–Trinajstić information content (AvgIpc) is 2.82. The van der Waals surface area contributed by atoms with E-state index < -0.39 is 0 Å². The van der Waals surface area contributed by atoms with E-state index in [-0.39, 0.29) is 11.9 Å². The molecule has 2 heterocycles. The third-order valence-electron chi connectivity index (χ3n) is 3.24. The molecule has 0 spiro atoms. The predicted octanol–water partition coefficient (Wildman–Crippen LogP) is 3.62. The third kappa shape index (κ3) is 2.80. The van der Waals surface area contributed by atoms with Crippen LogP contribution in [0, 0.1) is 5.82 Å². The second kappa shape index (κ2) is 5.73. The number of halogens is 3. The zero-order valence-electron chi connectivity index (χ0n) is 10.8. The minimum Gasteiger partial charge on any atom is -0.369 e. The lowest BCUT2D eigenvalue weighted by atomic mass is 10.1. The summed E-state index contributed by atoms with van der Waals surface area (Å²) in [4.78, 5) is 10.6. The van der Waals surface area contributed by atoms with Gasteiger partial charge in [0.1, 0.15) is 5.82 Å². The topological polar surface area (TPSA) is 54.5 Å². The van der Waals surface area contributed by atoms with Crippen LogP contribution >= 0.6 is 31.9 Å². The van der Waals surface area contributed by atoms with Gasteiger partial charge in [0.15, 0.2) is 5.96 Å². The first-order valence-corrected chi connectivity index (χ1v) is 7.80. The van der Waals surface area contributed by atoms with Crippen molar-refractivity contribution in [3.8, 4) is 0 Å². The van der Waals surface area contributed by atoms with Gasteiger partial charge in [-0.15, -0.1) is 0 Å². The second-order valence-electron chi connectivity index (χ2n) is 4.58. The number of aromatic nitrogens is 1. The van der Waals surface area contributed by atoms with Crippen LogP contribution in [-0.2, 0) is 0 Å². The van der Waals surface area contributed by atoms with Crippen molar-refractivity contribution in [2.75, 3.05) is 11.4 Å². The number of hydrogen-bond donors (Lipinski definition) is 1. The minimum atomic E-state index is -0.284. The zero-order valence-corrected chi connectivity index (χ0v) is 14.0. The van der Waals surface area contributed by atoms with E-state index in [9.17, 15) is 4.39 Å². The molecule has 1 atom stereocenters. The molecule has 0 radical (unpaired) electrons. The van der Waals surface area contributed by atoms with Crippen molar-refractivity contribution in [1.29, 1.82) is 0 Å². The minimum absolute atomic E-state index is 0.113. The summed E-state index contributed by atoms with van der Waals surface area (Å²) in [5.41, 5.74) is 7.61. The molecule has 3 rings (SSSR count). The second-order valence-corrected chi connectivity index (χ2v) is 6.35. The van der Waals surface area contributed by atoms with Crippen molar-refractivity contribution in [3.05, 3.63) is 57.0 Å². The number of aliphatic imine (C=N–C) groups is 1. The SMILES string of the molecule is NC1=NCC(c2ncc(Br)cc2Br)N1c1ccc(F)cc1. The fourth-order valence-corrected chi connectivity index (χ4v) is 3.54. The summed E-state index contributed by atoms with van der Waals surface area (Å²) in [7, 11) is 0. The van der Waals surface area contributed by atoms with Gasteiger partial charge in [0.25, 0.3) is 0 Å². The molecule has 21 heavy (non-hydrogen) atoms. The van der Waals surface area contributed by atoms with Crippen LogP contribution in [-0.4, -0.2) is 17.5 Å². The van der Waals surface area contributed by atoms with Gasteiger partial charge in [-0.25, -0.2) is 4.39 Å². The fraction of sp³-hybridized carbons (Fsp3) is 0.143. The van der Waals surface area contributed by atoms with E-state index in [0.29, 0.717) is 12.5 Å². The summed E-state index contributed by atoms with van der Waals surface area (Å²) >= 11 is 6.90. The molecule has 108 valence electrons. The van der Waals surface area contributed by atoms with Gasteiger partial charge < -0.3 is 10.6 Å². The van der Waals surface area contributed by atoms with Gasteiger partial charge in [-0.05, 0) is 62.2 Å². The lowest BCUT2D eigenvalue weighted by Gasteiger charge is -2.26. The Morgan fingerprint density at radius 2 is 1.95 bits per heavy atom. The number of nitrogens with zero attached hydrogens (tertiary/aromatic N) is 3. The monoisotopic (exact) mass is 412 g/mol. The number of nitrogens with two attached hydrogens (primary N) is 1. The van der Waals surface area contributed by atoms with Crippen molar-refractivity contribution in [3.63, 3.8) is 0 Å². The van der Waals surface area contributed by atoms with E-state index in [1.54, 1.807) is 18.3 Å². The highest BCUT2D eigenvalue weighted by molar-refractivity contribution is 9.11. The smallest absolute Gasteiger partial charge is 0.196 e. The van der Waals surface area contributed by atoms with Gasteiger partial charge in [-0.2, -0.15) is 0 Å². The maximum Gasteiger partial charge on any atom is 0.196 e. The Balaban J connectivity index is 2.00. The number of rotatable bonds is 2. The summed E-state index contributed by atoms with van der Waals surface area (Å²) in [5, 5.41) is 0. The van der Waals surface area contributed by atoms with Crippen molar-refractivity contribution < 1.29 is 4.39 Å². The molecule has 1 aliphatic rings. The van der Waals surface area contributed by atoms with E-state index in [2.05, 4.69) is 41.8 Å². The van der Waals surface area contributed by atoms with Gasteiger partial charge in [0.2, 0.25) is 0 Å². The van der Waals surface area contributed by atoms with Gasteiger partial charge in [-0.1, -0.05) is 0 Å². The number of guanidine groups is 1. The van der Waals surface area contributed by atoms with Crippen molar-refractivity contribution in [2.45, 2.75) is 6.04 Å². The standard InChI is InChI=1S/C14H11Br2FN4/c15-8-5-11(16)13(19-6-8)12-7-20-14(18)21(12)10-3-1-9(17)2-4-10/h1-6,12H,7H2,(H2,18,20). The summed E-state index contributed by atoms with van der Waals surface area (Å²) < 4.78 is 14.9. The van der Waals surface area contributed by atoms with Gasteiger partial charge in [-0.3, -0.25) is 9.98 Å². The molecule has 1 aliphatic heterocycles. The van der Waals surface area contributed by atoms with E-state index in [0.717, 1.165) is 20.3 Å². The number of benzene rings is 1. The first kappa shape index (κ1) is 14.5. The molecule has 0 amide bonds. The first-order chi connectivity index (χ1) is 10.1. The first-order valence-electron chi connectivity index (χ1n) is 6.22. The molecule has 0 bridgehead atoms. The van der Waals surface area contributed by atoms with Gasteiger partial charge >= 0.3 is 0 Å². The molecule has 0 fully saturated rings. The average molecular weight is 414 g/mol. The highest BCUT2D eigenvalue weighted by Gasteiger charge is 2.31. The number of hydrogen-bond acceptors (Lipinski definition) is 4. The molecule has 2 N–H and O–H groups in total. The lowest BCUT2D eigenvalue weighted by molar-refractivity contribution is 0.627. The van der Waals surface area contributed by atoms with Crippen LogP contribution in [0.1, 0.15) is 11.7 Å². The highest BCUT2D eigenvalue weighted by Crippen LogP contribution is 2.34. The van der Waals surface area contributed by atoms with E-state index in [1.807, 2.05) is 11.0 Å². The fourth-order valence-electron chi connectivity index (χ4n) is 2.29. The molecular formula is C14H11Br2FN4. The molecule has 7 heteroatoms. The van der Waals surface area contributed by atoms with Crippen LogP contribution < -0.4 is 10.6 Å². The Bertz CT molecular complexity index is 703. The Morgan fingerprint density at radius 3 is 2.62 bits per heavy atom. The van der Waals surface area contributed by atoms with Crippen molar-refractivity contribution in [2.24, 2.45) is 10.7 Å². The van der Waals surface area contributed by atoms with E-state index in [1.165, 1.54) is 12.1 Å². The Hall–Kier alpha value is -1.47. The maximum atomic E-state index is 13.1. The molecule has 0 saturated heterocycles. The van der Waals surface area contributed by atoms with Crippen LogP contribution in [0.5, 0.6) is 0 Å². The zero-order chi connectivity index (χ0) is 15.0. The molecule has 1 unspecified atom stereocenters. The van der Waals surface area contributed by atoms with Crippen LogP contribution in [0.3, 0.4) is 0 Å². The Kier molecular flexibility index (Phi) is 3.95. The van der Waals surface area contributed by atoms with Gasteiger partial charge in [0, 0.05) is 20.8 Å². The summed E-state index contributed by atoms with van der Waals surface area (Å²) in [5.74, 6) is 0.121. The Morgan fingerprint density at radius 1 is 1.24 bits per heavy atom. The molecule has 2 aromatic rings. The van der Waals surface area contributed by atoms with Crippen LogP contribution in [0.25, 0.3) is 0 Å². The van der Waals surface area contributed by atoms with Crippen molar-refractivity contribution in [1.82, 2.24) is 4.98 Å². The number of pyridine rings is 1. The van der Waals surface area contributed by atoms with Crippen LogP contribution in [0.15, 0.2) is 50.5 Å². The van der Waals surface area contributed by atoms with Gasteiger partial charge in [0.05, 0.1) is 18.3 Å². The largest absolute Gasteiger partial charge is 0.369 e. The molecule has 4 nitrogen and oxygen atoms in total. The van der Waals surface area contributed by atoms with E-state index >= 15 is 0 Å². The highest BCUT2D eigenvalue weighted by atomic mass is 79.9. The summed E-state index contributed by atoms with van der Waals surface area (Å²) in [6.45, 7) is 0.510. The molecule has 1 aromatic carbocycles. The molecule has 0 aliphatic carbocycles. The molecule has 0 saturated carbocycles.